The third-order valence-electron chi connectivity index (χ3n) is 2.51. The molecule has 0 unspecified atom stereocenters. The van der Waals surface area contributed by atoms with Crippen LogP contribution in [-0.2, 0) is 15.6 Å². The van der Waals surface area contributed by atoms with Crippen LogP contribution in [0.3, 0.4) is 0 Å². The third kappa shape index (κ3) is 3.25. The van der Waals surface area contributed by atoms with Crippen molar-refractivity contribution >= 4 is 43.1 Å². The van der Waals surface area contributed by atoms with Gasteiger partial charge in [-0.15, -0.1) is 11.3 Å². The van der Waals surface area contributed by atoms with E-state index in [1.807, 2.05) is 0 Å². The predicted molar refractivity (Wildman–Crippen MR) is 78.8 cm³/mol. The van der Waals surface area contributed by atoms with E-state index in [9.17, 15) is 13.2 Å². The quantitative estimate of drug-likeness (QED) is 0.887. The lowest BCUT2D eigenvalue weighted by atomic mass is 10.2. The molecule has 0 amide bonds. The van der Waals surface area contributed by atoms with Crippen LogP contribution in [0.25, 0.3) is 0 Å². The van der Waals surface area contributed by atoms with Crippen LogP contribution in [0, 0.1) is 6.92 Å². The average Bonchev–Trinajstić information content (AvgIpc) is 2.73. The van der Waals surface area contributed by atoms with E-state index in [2.05, 4.69) is 20.9 Å². The second kappa shape index (κ2) is 5.63. The summed E-state index contributed by atoms with van der Waals surface area (Å²) in [5.74, 6) is -1.41. The molecule has 0 aliphatic carbocycles. The van der Waals surface area contributed by atoms with Crippen LogP contribution in [0.15, 0.2) is 32.9 Å². The molecule has 0 radical (unpaired) electrons. The molecule has 1 N–H and O–H groups in total. The molecular formula is C12H10BrNO4S2. The summed E-state index contributed by atoms with van der Waals surface area (Å²) in [6, 6.07) is 3.96. The number of hydrogen-bond acceptors (Lipinski definition) is 5. The highest BCUT2D eigenvalue weighted by Gasteiger charge is 2.20. The summed E-state index contributed by atoms with van der Waals surface area (Å²) in [6.45, 7) is 1.79. The van der Waals surface area contributed by atoms with E-state index in [0.29, 0.717) is 9.48 Å². The number of sulfone groups is 1. The zero-order valence-corrected chi connectivity index (χ0v) is 13.5. The van der Waals surface area contributed by atoms with Gasteiger partial charge in [0.1, 0.15) is 10.8 Å². The molecule has 0 aliphatic rings. The van der Waals surface area contributed by atoms with E-state index in [-0.39, 0.29) is 16.2 Å². The Morgan fingerprint density at radius 1 is 1.45 bits per heavy atom. The Bertz CT molecular complexity index is 768. The first-order valence-electron chi connectivity index (χ1n) is 5.46. The van der Waals surface area contributed by atoms with Gasteiger partial charge < -0.3 is 5.11 Å². The van der Waals surface area contributed by atoms with Gasteiger partial charge in [0.05, 0.1) is 10.5 Å². The normalized spacial score (nSPS) is 11.5. The highest BCUT2D eigenvalue weighted by molar-refractivity contribution is 9.10. The van der Waals surface area contributed by atoms with E-state index >= 15 is 0 Å². The molecule has 1 aromatic heterocycles. The van der Waals surface area contributed by atoms with Gasteiger partial charge in [0.15, 0.2) is 9.84 Å². The molecule has 8 heteroatoms. The number of carboxylic acids is 1. The number of halogens is 1. The van der Waals surface area contributed by atoms with E-state index < -0.39 is 15.8 Å². The zero-order valence-electron chi connectivity index (χ0n) is 10.3. The molecule has 0 spiro atoms. The lowest BCUT2D eigenvalue weighted by Gasteiger charge is -2.05. The number of aromatic carboxylic acids is 1. The molecule has 1 aromatic carbocycles. The topological polar surface area (TPSA) is 84.3 Å². The number of aromatic nitrogens is 1. The maximum Gasteiger partial charge on any atom is 0.336 e. The molecule has 0 bridgehead atoms. The van der Waals surface area contributed by atoms with Gasteiger partial charge in [-0.05, 0) is 41.1 Å². The monoisotopic (exact) mass is 375 g/mol. The van der Waals surface area contributed by atoms with E-state index in [1.54, 1.807) is 12.3 Å². The number of hydrogen-bond donors (Lipinski definition) is 1. The van der Waals surface area contributed by atoms with Crippen molar-refractivity contribution in [3.05, 3.63) is 44.3 Å². The number of thiazole rings is 1. The minimum Gasteiger partial charge on any atom is -0.478 e. The fourth-order valence-electron chi connectivity index (χ4n) is 1.58. The standard InChI is InChI=1S/C12H10BrNO4S2/c1-7-5-19-11(14-7)6-20(17,18)8-2-3-10(13)9(4-8)12(15)16/h2-5H,6H2,1H3,(H,15,16). The predicted octanol–water partition coefficient (Wildman–Crippen LogP) is 2.89. The minimum atomic E-state index is -3.61. The zero-order chi connectivity index (χ0) is 14.9. The fraction of sp³-hybridized carbons (Fsp3) is 0.167. The first kappa shape index (κ1) is 15.1. The van der Waals surface area contributed by atoms with Gasteiger partial charge in [0, 0.05) is 15.5 Å². The van der Waals surface area contributed by atoms with Gasteiger partial charge in [-0.2, -0.15) is 0 Å². The molecule has 5 nitrogen and oxygen atoms in total. The molecule has 0 fully saturated rings. The first-order valence-corrected chi connectivity index (χ1v) is 8.79. The molecule has 0 atom stereocenters. The fourth-order valence-corrected chi connectivity index (χ4v) is 4.42. The largest absolute Gasteiger partial charge is 0.478 e. The summed E-state index contributed by atoms with van der Waals surface area (Å²) in [5.41, 5.74) is 0.684. The van der Waals surface area contributed by atoms with E-state index in [4.69, 9.17) is 5.11 Å². The van der Waals surface area contributed by atoms with Crippen molar-refractivity contribution in [1.29, 1.82) is 0 Å². The number of aryl methyl sites for hydroxylation is 1. The summed E-state index contributed by atoms with van der Waals surface area (Å²) in [7, 11) is -3.61. The van der Waals surface area contributed by atoms with Gasteiger partial charge in [0.25, 0.3) is 0 Å². The Hall–Kier alpha value is -1.25. The number of rotatable bonds is 4. The maximum absolute atomic E-state index is 12.3. The second-order valence-corrected chi connectivity index (χ2v) is 7.88. The lowest BCUT2D eigenvalue weighted by Crippen LogP contribution is -2.07. The van der Waals surface area contributed by atoms with Crippen molar-refractivity contribution < 1.29 is 18.3 Å². The Kier molecular flexibility index (Phi) is 4.26. The molecule has 2 rings (SSSR count). The second-order valence-electron chi connectivity index (χ2n) is 4.09. The van der Waals surface area contributed by atoms with Gasteiger partial charge in [-0.3, -0.25) is 0 Å². The van der Waals surface area contributed by atoms with E-state index in [0.717, 1.165) is 11.8 Å². The SMILES string of the molecule is Cc1csc(CS(=O)(=O)c2ccc(Br)c(C(=O)O)c2)n1. The van der Waals surface area contributed by atoms with Gasteiger partial charge in [-0.1, -0.05) is 0 Å². The molecule has 0 aliphatic heterocycles. The average molecular weight is 376 g/mol. The van der Waals surface area contributed by atoms with Crippen LogP contribution in [-0.4, -0.2) is 24.5 Å². The smallest absolute Gasteiger partial charge is 0.336 e. The van der Waals surface area contributed by atoms with Crippen molar-refractivity contribution in [1.82, 2.24) is 4.98 Å². The van der Waals surface area contributed by atoms with Gasteiger partial charge >= 0.3 is 5.97 Å². The summed E-state index contributed by atoms with van der Waals surface area (Å²) < 4.78 is 24.9. The van der Waals surface area contributed by atoms with Crippen molar-refractivity contribution in [2.75, 3.05) is 0 Å². The highest BCUT2D eigenvalue weighted by Crippen LogP contribution is 2.24. The van der Waals surface area contributed by atoms with Crippen molar-refractivity contribution in [2.45, 2.75) is 17.6 Å². The Morgan fingerprint density at radius 2 is 2.15 bits per heavy atom. The molecule has 2 aromatic rings. The summed E-state index contributed by atoms with van der Waals surface area (Å²) in [4.78, 5) is 15.1. The molecule has 106 valence electrons. The van der Waals surface area contributed by atoms with Crippen LogP contribution in [0.4, 0.5) is 0 Å². The number of nitrogens with zero attached hydrogens (tertiary/aromatic N) is 1. The minimum absolute atomic E-state index is 0.0223. The molecule has 0 saturated carbocycles. The summed E-state index contributed by atoms with van der Waals surface area (Å²) in [5, 5.41) is 11.3. The van der Waals surface area contributed by atoms with Gasteiger partial charge in [-0.25, -0.2) is 18.2 Å². The summed E-state index contributed by atoms with van der Waals surface area (Å²) in [6.07, 6.45) is 0. The molecule has 1 heterocycles. The van der Waals surface area contributed by atoms with E-state index in [1.165, 1.54) is 23.5 Å². The van der Waals surface area contributed by atoms with Crippen LogP contribution in [0.1, 0.15) is 21.1 Å². The van der Waals surface area contributed by atoms with Crippen molar-refractivity contribution in [2.24, 2.45) is 0 Å². The highest BCUT2D eigenvalue weighted by atomic mass is 79.9. The Balaban J connectivity index is 2.39. The van der Waals surface area contributed by atoms with Crippen LogP contribution < -0.4 is 0 Å². The van der Waals surface area contributed by atoms with Crippen molar-refractivity contribution in [3.63, 3.8) is 0 Å². The molecule has 0 saturated heterocycles. The number of carboxylic acid groups (broad SMARTS) is 1. The molecular weight excluding hydrogens is 366 g/mol. The first-order chi connectivity index (χ1) is 9.29. The van der Waals surface area contributed by atoms with Crippen LogP contribution >= 0.6 is 27.3 Å². The van der Waals surface area contributed by atoms with Gasteiger partial charge in [0.2, 0.25) is 0 Å². The lowest BCUT2D eigenvalue weighted by molar-refractivity contribution is 0.0695. The van der Waals surface area contributed by atoms with Crippen LogP contribution in [0.2, 0.25) is 0 Å². The summed E-state index contributed by atoms with van der Waals surface area (Å²) >= 11 is 4.35. The van der Waals surface area contributed by atoms with Crippen molar-refractivity contribution in [3.8, 4) is 0 Å². The Morgan fingerprint density at radius 3 is 2.70 bits per heavy atom. The maximum atomic E-state index is 12.3. The molecule has 20 heavy (non-hydrogen) atoms. The third-order valence-corrected chi connectivity index (χ3v) is 5.97. The Labute approximate surface area is 128 Å². The van der Waals surface area contributed by atoms with Crippen LogP contribution in [0.5, 0.6) is 0 Å². The number of benzene rings is 1. The number of carbonyl (C=O) groups is 1.